The van der Waals surface area contributed by atoms with Crippen LogP contribution in [0, 0.1) is 12.8 Å². The van der Waals surface area contributed by atoms with Crippen LogP contribution < -0.4 is 5.63 Å². The lowest BCUT2D eigenvalue weighted by Gasteiger charge is -2.17. The van der Waals surface area contributed by atoms with Crippen LogP contribution in [0.2, 0.25) is 0 Å². The van der Waals surface area contributed by atoms with Gasteiger partial charge in [-0.05, 0) is 37.7 Å². The maximum Gasteiger partial charge on any atom is 0.343 e. The molecule has 1 unspecified atom stereocenters. The summed E-state index contributed by atoms with van der Waals surface area (Å²) in [6, 6.07) is 11.5. The number of thiazole rings is 1. The van der Waals surface area contributed by atoms with E-state index in [2.05, 4.69) is 4.98 Å². The van der Waals surface area contributed by atoms with E-state index in [0.717, 1.165) is 29.1 Å². The van der Waals surface area contributed by atoms with Gasteiger partial charge in [0.05, 0.1) is 16.3 Å². The van der Waals surface area contributed by atoms with Gasteiger partial charge in [-0.2, -0.15) is 0 Å². The second-order valence-electron chi connectivity index (χ2n) is 6.88. The van der Waals surface area contributed by atoms with Crippen LogP contribution in [-0.2, 0) is 12.8 Å². The number of aryl methyl sites for hydroxylation is 3. The summed E-state index contributed by atoms with van der Waals surface area (Å²) >= 11 is 1.61. The van der Waals surface area contributed by atoms with Crippen molar-refractivity contribution in [2.75, 3.05) is 0 Å². The van der Waals surface area contributed by atoms with Crippen molar-refractivity contribution in [2.45, 2.75) is 38.5 Å². The molecule has 0 aliphatic heterocycles. The topological polar surface area (TPSA) is 63.3 Å². The minimum Gasteiger partial charge on any atom is -0.507 e. The van der Waals surface area contributed by atoms with Crippen molar-refractivity contribution in [3.05, 3.63) is 79.8 Å². The van der Waals surface area contributed by atoms with Crippen LogP contribution in [0.5, 0.6) is 5.75 Å². The Morgan fingerprint density at radius 2 is 2.04 bits per heavy atom. The summed E-state index contributed by atoms with van der Waals surface area (Å²) in [5.74, 6) is 0.855. The smallest absolute Gasteiger partial charge is 0.343 e. The second-order valence-corrected chi connectivity index (χ2v) is 7.94. The summed E-state index contributed by atoms with van der Waals surface area (Å²) in [6.45, 7) is 1.97. The fourth-order valence-corrected chi connectivity index (χ4v) is 4.13. The number of aromatic hydroxyl groups is 1. The van der Waals surface area contributed by atoms with E-state index in [1.54, 1.807) is 17.4 Å². The molecule has 1 aromatic carbocycles. The van der Waals surface area contributed by atoms with E-state index >= 15 is 0 Å². The highest BCUT2D eigenvalue weighted by Gasteiger charge is 2.37. The van der Waals surface area contributed by atoms with Crippen molar-refractivity contribution in [3.63, 3.8) is 0 Å². The molecule has 1 fully saturated rings. The molecule has 4 nitrogen and oxygen atoms in total. The Bertz CT molecular complexity index is 957. The molecule has 2 aromatic heterocycles. The van der Waals surface area contributed by atoms with Crippen LogP contribution in [0.4, 0.5) is 0 Å². The Balaban J connectivity index is 1.62. The predicted octanol–water partition coefficient (Wildman–Crippen LogP) is 4.44. The molecule has 0 spiro atoms. The summed E-state index contributed by atoms with van der Waals surface area (Å²) in [5, 5.41) is 13.6. The molecule has 1 aliphatic rings. The van der Waals surface area contributed by atoms with Gasteiger partial charge in [0.25, 0.3) is 0 Å². The molecule has 4 rings (SSSR count). The number of benzene rings is 1. The van der Waals surface area contributed by atoms with Crippen LogP contribution in [0.3, 0.4) is 0 Å². The zero-order valence-corrected chi connectivity index (χ0v) is 15.5. The average molecular weight is 367 g/mol. The molecular formula is C21H21NO3S. The molecule has 1 atom stereocenters. The zero-order chi connectivity index (χ0) is 18.1. The number of hydrogen-bond acceptors (Lipinski definition) is 5. The van der Waals surface area contributed by atoms with E-state index in [-0.39, 0.29) is 11.7 Å². The summed E-state index contributed by atoms with van der Waals surface area (Å²) in [4.78, 5) is 17.1. The van der Waals surface area contributed by atoms with Gasteiger partial charge in [-0.3, -0.25) is 0 Å². The lowest BCUT2D eigenvalue weighted by atomic mass is 9.87. The number of rotatable bonds is 6. The van der Waals surface area contributed by atoms with Crippen LogP contribution >= 0.6 is 11.3 Å². The number of nitrogens with zero attached hydrogens (tertiary/aromatic N) is 1. The molecule has 3 aromatic rings. The van der Waals surface area contributed by atoms with Crippen molar-refractivity contribution in [2.24, 2.45) is 5.92 Å². The van der Waals surface area contributed by atoms with E-state index < -0.39 is 5.63 Å². The van der Waals surface area contributed by atoms with Crippen molar-refractivity contribution < 1.29 is 9.52 Å². The second kappa shape index (κ2) is 7.08. The summed E-state index contributed by atoms with van der Waals surface area (Å²) in [7, 11) is 0. The van der Waals surface area contributed by atoms with Gasteiger partial charge in [-0.25, -0.2) is 9.78 Å². The molecular weight excluding hydrogens is 346 g/mol. The first-order chi connectivity index (χ1) is 12.6. The van der Waals surface area contributed by atoms with E-state index in [1.807, 2.05) is 42.6 Å². The number of aromatic nitrogens is 1. The largest absolute Gasteiger partial charge is 0.507 e. The minimum atomic E-state index is -0.421. The quantitative estimate of drug-likeness (QED) is 0.700. The van der Waals surface area contributed by atoms with Gasteiger partial charge in [-0.15, -0.1) is 11.3 Å². The lowest BCUT2D eigenvalue weighted by Crippen LogP contribution is -2.16. The van der Waals surface area contributed by atoms with Gasteiger partial charge in [-0.1, -0.05) is 30.3 Å². The van der Waals surface area contributed by atoms with Crippen LogP contribution in [0.15, 0.2) is 51.0 Å². The van der Waals surface area contributed by atoms with Crippen LogP contribution in [0.1, 0.15) is 46.3 Å². The molecule has 1 saturated carbocycles. The van der Waals surface area contributed by atoms with Gasteiger partial charge >= 0.3 is 5.63 Å². The Morgan fingerprint density at radius 3 is 2.65 bits per heavy atom. The third kappa shape index (κ3) is 3.58. The van der Waals surface area contributed by atoms with Gasteiger partial charge in [0.1, 0.15) is 11.5 Å². The highest BCUT2D eigenvalue weighted by Crippen LogP contribution is 2.47. The Morgan fingerprint density at radius 1 is 1.27 bits per heavy atom. The van der Waals surface area contributed by atoms with Crippen molar-refractivity contribution in [1.29, 1.82) is 0 Å². The minimum absolute atomic E-state index is 0.0476. The normalized spacial score (nSPS) is 15.1. The first-order valence-corrected chi connectivity index (χ1v) is 9.81. The van der Waals surface area contributed by atoms with E-state index in [4.69, 9.17) is 4.42 Å². The van der Waals surface area contributed by atoms with E-state index in [9.17, 15) is 9.90 Å². The highest BCUT2D eigenvalue weighted by atomic mass is 32.1. The Kier molecular flexibility index (Phi) is 4.64. The molecule has 134 valence electrons. The standard InChI is InChI=1S/C21H21NO3S/c1-13-22-16(12-26-13)9-10-17-11-18(23)20(21(24)25-17)19(15-7-8-15)14-5-3-2-4-6-14/h2-6,11-12,15,19,23H,7-10H2,1H3. The summed E-state index contributed by atoms with van der Waals surface area (Å²) < 4.78 is 5.56. The molecule has 0 radical (unpaired) electrons. The van der Waals surface area contributed by atoms with Crippen molar-refractivity contribution >= 4 is 11.3 Å². The van der Waals surface area contributed by atoms with Crippen LogP contribution in [0.25, 0.3) is 0 Å². The summed E-state index contributed by atoms with van der Waals surface area (Å²) in [5.41, 5.74) is 2.02. The average Bonchev–Trinajstić information content (AvgIpc) is 3.38. The van der Waals surface area contributed by atoms with Gasteiger partial charge in [0.2, 0.25) is 0 Å². The lowest BCUT2D eigenvalue weighted by molar-refractivity contribution is 0.403. The molecule has 0 amide bonds. The van der Waals surface area contributed by atoms with Gasteiger partial charge in [0.15, 0.2) is 0 Å². The molecule has 1 aliphatic carbocycles. The SMILES string of the molecule is Cc1nc(CCc2cc(O)c(C(c3ccccc3)C3CC3)c(=O)o2)cs1. The third-order valence-electron chi connectivity index (χ3n) is 4.87. The highest BCUT2D eigenvalue weighted by molar-refractivity contribution is 7.09. The first kappa shape index (κ1) is 17.0. The van der Waals surface area contributed by atoms with Gasteiger partial charge in [0, 0.05) is 23.8 Å². The fourth-order valence-electron chi connectivity index (χ4n) is 3.49. The molecule has 0 saturated heterocycles. The maximum atomic E-state index is 12.7. The summed E-state index contributed by atoms with van der Waals surface area (Å²) in [6.07, 6.45) is 3.38. The van der Waals surface area contributed by atoms with E-state index in [1.165, 1.54) is 0 Å². The Labute approximate surface area is 156 Å². The molecule has 5 heteroatoms. The van der Waals surface area contributed by atoms with Crippen LogP contribution in [-0.4, -0.2) is 10.1 Å². The molecule has 26 heavy (non-hydrogen) atoms. The maximum absolute atomic E-state index is 12.7. The monoisotopic (exact) mass is 367 g/mol. The molecule has 0 bridgehead atoms. The van der Waals surface area contributed by atoms with Crippen molar-refractivity contribution in [1.82, 2.24) is 4.98 Å². The third-order valence-corrected chi connectivity index (χ3v) is 5.70. The molecule has 2 heterocycles. The fraction of sp³-hybridized carbons (Fsp3) is 0.333. The zero-order valence-electron chi connectivity index (χ0n) is 14.6. The number of hydrogen-bond donors (Lipinski definition) is 1. The van der Waals surface area contributed by atoms with E-state index in [0.29, 0.717) is 30.1 Å². The Hall–Kier alpha value is -2.40. The van der Waals surface area contributed by atoms with Gasteiger partial charge < -0.3 is 9.52 Å². The molecule has 1 N–H and O–H groups in total. The predicted molar refractivity (Wildman–Crippen MR) is 102 cm³/mol. The van der Waals surface area contributed by atoms with Crippen molar-refractivity contribution in [3.8, 4) is 5.75 Å². The first-order valence-electron chi connectivity index (χ1n) is 8.93.